The summed E-state index contributed by atoms with van der Waals surface area (Å²) in [5.74, 6) is -0.131. The summed E-state index contributed by atoms with van der Waals surface area (Å²) in [5, 5.41) is 4.99. The predicted octanol–water partition coefficient (Wildman–Crippen LogP) is 6.94. The van der Waals surface area contributed by atoms with Crippen LogP contribution in [-0.2, 0) is 12.8 Å². The van der Waals surface area contributed by atoms with Crippen LogP contribution in [0.25, 0.3) is 0 Å². The first-order valence-electron chi connectivity index (χ1n) is 9.12. The smallest absolute Gasteiger partial charge is 0.259 e. The molecular formula is C22H18Cl2N2OS. The van der Waals surface area contributed by atoms with Gasteiger partial charge in [-0.3, -0.25) is 4.79 Å². The Bertz CT molecular complexity index is 1040. The van der Waals surface area contributed by atoms with Crippen molar-refractivity contribution in [2.24, 2.45) is 4.99 Å². The standard InChI is InChI=1S/C22H18Cl2N2OS/c23-15-9-11-16(12-10-15)26-21(27)20-17-6-2-4-8-19(17)28-22(20)25-13-14-5-1-3-7-18(14)24/h1,3,5,7,9-13H,2,4,6,8H2,(H,26,27). The second kappa shape index (κ2) is 8.48. The molecule has 0 saturated carbocycles. The maximum Gasteiger partial charge on any atom is 0.259 e. The largest absolute Gasteiger partial charge is 0.322 e. The van der Waals surface area contributed by atoms with E-state index >= 15 is 0 Å². The van der Waals surface area contributed by atoms with E-state index in [1.165, 1.54) is 4.88 Å². The minimum atomic E-state index is -0.131. The van der Waals surface area contributed by atoms with E-state index < -0.39 is 0 Å². The highest BCUT2D eigenvalue weighted by atomic mass is 35.5. The van der Waals surface area contributed by atoms with Crippen LogP contribution in [0.15, 0.2) is 53.5 Å². The highest BCUT2D eigenvalue weighted by Crippen LogP contribution is 2.40. The Hall–Kier alpha value is -2.14. The molecule has 3 nitrogen and oxygen atoms in total. The number of rotatable bonds is 4. The second-order valence-corrected chi connectivity index (χ2v) is 8.56. The van der Waals surface area contributed by atoms with Gasteiger partial charge in [0.15, 0.2) is 0 Å². The van der Waals surface area contributed by atoms with Crippen LogP contribution in [0.4, 0.5) is 10.7 Å². The van der Waals surface area contributed by atoms with Gasteiger partial charge in [-0.05, 0) is 61.6 Å². The highest BCUT2D eigenvalue weighted by molar-refractivity contribution is 7.16. The first-order chi connectivity index (χ1) is 13.6. The minimum Gasteiger partial charge on any atom is -0.322 e. The molecule has 4 rings (SSSR count). The number of carbonyl (C=O) groups is 1. The molecule has 1 aliphatic rings. The van der Waals surface area contributed by atoms with Gasteiger partial charge in [0.1, 0.15) is 5.00 Å². The molecule has 0 spiro atoms. The molecule has 2 aromatic carbocycles. The summed E-state index contributed by atoms with van der Waals surface area (Å²) in [6, 6.07) is 14.7. The van der Waals surface area contributed by atoms with Gasteiger partial charge in [-0.2, -0.15) is 0 Å². The molecule has 1 aliphatic carbocycles. The molecule has 0 radical (unpaired) electrons. The average Bonchev–Trinajstić information content (AvgIpc) is 3.07. The van der Waals surface area contributed by atoms with Crippen LogP contribution in [0.5, 0.6) is 0 Å². The van der Waals surface area contributed by atoms with Crippen molar-refractivity contribution in [3.05, 3.63) is 80.1 Å². The molecule has 1 amide bonds. The Labute approximate surface area is 178 Å². The van der Waals surface area contributed by atoms with Crippen LogP contribution in [0.1, 0.15) is 39.2 Å². The summed E-state index contributed by atoms with van der Waals surface area (Å²) >= 11 is 13.8. The topological polar surface area (TPSA) is 41.5 Å². The van der Waals surface area contributed by atoms with E-state index in [4.69, 9.17) is 23.2 Å². The number of nitrogens with one attached hydrogen (secondary N) is 1. The van der Waals surface area contributed by atoms with Gasteiger partial charge in [0.2, 0.25) is 0 Å². The summed E-state index contributed by atoms with van der Waals surface area (Å²) in [6.07, 6.45) is 5.90. The van der Waals surface area contributed by atoms with Crippen molar-refractivity contribution < 1.29 is 4.79 Å². The fourth-order valence-electron chi connectivity index (χ4n) is 3.31. The number of hydrogen-bond acceptors (Lipinski definition) is 3. The molecule has 28 heavy (non-hydrogen) atoms. The zero-order valence-electron chi connectivity index (χ0n) is 15.0. The number of thiophene rings is 1. The lowest BCUT2D eigenvalue weighted by atomic mass is 9.95. The Morgan fingerprint density at radius 1 is 1.04 bits per heavy atom. The van der Waals surface area contributed by atoms with Gasteiger partial charge in [0, 0.05) is 32.4 Å². The van der Waals surface area contributed by atoms with Gasteiger partial charge >= 0.3 is 0 Å². The molecule has 0 saturated heterocycles. The Morgan fingerprint density at radius 3 is 2.57 bits per heavy atom. The summed E-state index contributed by atoms with van der Waals surface area (Å²) in [6.45, 7) is 0. The number of fused-ring (bicyclic) bond motifs is 1. The first-order valence-corrected chi connectivity index (χ1v) is 10.7. The highest BCUT2D eigenvalue weighted by Gasteiger charge is 2.25. The number of amides is 1. The van der Waals surface area contributed by atoms with Crippen molar-refractivity contribution in [2.45, 2.75) is 25.7 Å². The molecule has 142 valence electrons. The number of aliphatic imine (C=N–C) groups is 1. The van der Waals surface area contributed by atoms with Crippen molar-refractivity contribution in [1.29, 1.82) is 0 Å². The molecule has 0 atom stereocenters. The van der Waals surface area contributed by atoms with E-state index in [0.717, 1.165) is 41.8 Å². The Kier molecular flexibility index (Phi) is 5.81. The summed E-state index contributed by atoms with van der Waals surface area (Å²) in [5.41, 5.74) is 3.36. The molecule has 0 fully saturated rings. The van der Waals surface area contributed by atoms with Crippen LogP contribution in [0.3, 0.4) is 0 Å². The van der Waals surface area contributed by atoms with E-state index in [1.807, 2.05) is 24.3 Å². The van der Waals surface area contributed by atoms with Gasteiger partial charge in [-0.15, -0.1) is 11.3 Å². The minimum absolute atomic E-state index is 0.131. The predicted molar refractivity (Wildman–Crippen MR) is 119 cm³/mol. The van der Waals surface area contributed by atoms with Gasteiger partial charge in [0.25, 0.3) is 5.91 Å². The molecular weight excluding hydrogens is 411 g/mol. The average molecular weight is 429 g/mol. The number of aryl methyl sites for hydroxylation is 1. The fourth-order valence-corrected chi connectivity index (χ4v) is 4.85. The SMILES string of the molecule is O=C(Nc1ccc(Cl)cc1)c1c(N=Cc2ccccc2Cl)sc2c1CCCC2. The monoisotopic (exact) mass is 428 g/mol. The van der Waals surface area contributed by atoms with Crippen molar-refractivity contribution in [1.82, 2.24) is 0 Å². The van der Waals surface area contributed by atoms with E-state index in [9.17, 15) is 4.79 Å². The van der Waals surface area contributed by atoms with Gasteiger partial charge in [-0.1, -0.05) is 41.4 Å². The Balaban J connectivity index is 1.68. The lowest BCUT2D eigenvalue weighted by Crippen LogP contribution is -2.14. The zero-order chi connectivity index (χ0) is 19.5. The van der Waals surface area contributed by atoms with Crippen LogP contribution in [0, 0.1) is 0 Å². The molecule has 6 heteroatoms. The lowest BCUT2D eigenvalue weighted by Gasteiger charge is -2.12. The van der Waals surface area contributed by atoms with Crippen LogP contribution in [0.2, 0.25) is 10.0 Å². The van der Waals surface area contributed by atoms with Gasteiger partial charge in [0.05, 0.1) is 5.56 Å². The van der Waals surface area contributed by atoms with Gasteiger partial charge < -0.3 is 5.32 Å². The third-order valence-electron chi connectivity index (χ3n) is 4.71. The summed E-state index contributed by atoms with van der Waals surface area (Å²) < 4.78 is 0. The molecule has 1 heterocycles. The van der Waals surface area contributed by atoms with E-state index in [1.54, 1.807) is 41.8 Å². The number of halogens is 2. The van der Waals surface area contributed by atoms with E-state index in [-0.39, 0.29) is 5.91 Å². The lowest BCUT2D eigenvalue weighted by molar-refractivity contribution is 0.102. The molecule has 3 aromatic rings. The normalized spacial score (nSPS) is 13.5. The molecule has 1 N–H and O–H groups in total. The van der Waals surface area contributed by atoms with Crippen molar-refractivity contribution in [3.63, 3.8) is 0 Å². The van der Waals surface area contributed by atoms with Crippen molar-refractivity contribution in [2.75, 3.05) is 5.32 Å². The van der Waals surface area contributed by atoms with Crippen LogP contribution >= 0.6 is 34.5 Å². The zero-order valence-corrected chi connectivity index (χ0v) is 17.4. The number of nitrogens with zero attached hydrogens (tertiary/aromatic N) is 1. The van der Waals surface area contributed by atoms with Crippen LogP contribution in [-0.4, -0.2) is 12.1 Å². The van der Waals surface area contributed by atoms with Crippen LogP contribution < -0.4 is 5.32 Å². The van der Waals surface area contributed by atoms with E-state index in [2.05, 4.69) is 10.3 Å². The second-order valence-electron chi connectivity index (χ2n) is 6.63. The fraction of sp³-hybridized carbons (Fsp3) is 0.182. The number of carbonyl (C=O) groups excluding carboxylic acids is 1. The Morgan fingerprint density at radius 2 is 1.79 bits per heavy atom. The molecule has 0 bridgehead atoms. The number of anilines is 1. The third-order valence-corrected chi connectivity index (χ3v) is 6.50. The van der Waals surface area contributed by atoms with Crippen molar-refractivity contribution in [3.8, 4) is 0 Å². The summed E-state index contributed by atoms with van der Waals surface area (Å²) in [4.78, 5) is 19.0. The molecule has 0 unspecified atom stereocenters. The quantitative estimate of drug-likeness (QED) is 0.449. The molecule has 0 aliphatic heterocycles. The molecule has 1 aromatic heterocycles. The third kappa shape index (κ3) is 4.14. The number of hydrogen-bond donors (Lipinski definition) is 1. The maximum atomic E-state index is 13.1. The summed E-state index contributed by atoms with van der Waals surface area (Å²) in [7, 11) is 0. The first kappa shape index (κ1) is 19.2. The van der Waals surface area contributed by atoms with Gasteiger partial charge in [-0.25, -0.2) is 4.99 Å². The number of benzene rings is 2. The van der Waals surface area contributed by atoms with Crippen molar-refractivity contribution >= 4 is 57.3 Å². The van der Waals surface area contributed by atoms with E-state index in [0.29, 0.717) is 21.3 Å². The maximum absolute atomic E-state index is 13.1.